The van der Waals surface area contributed by atoms with E-state index in [1.165, 1.54) is 0 Å². The van der Waals surface area contributed by atoms with Crippen LogP contribution in [0.5, 0.6) is 0 Å². The van der Waals surface area contributed by atoms with E-state index in [-0.39, 0.29) is 19.4 Å². The molecule has 0 saturated heterocycles. The van der Waals surface area contributed by atoms with Gasteiger partial charge in [-0.25, -0.2) is 4.79 Å². The molecule has 0 spiro atoms. The summed E-state index contributed by atoms with van der Waals surface area (Å²) < 4.78 is 16.0. The zero-order valence-electron chi connectivity index (χ0n) is 19.3. The van der Waals surface area contributed by atoms with Crippen LogP contribution in [-0.2, 0) is 30.2 Å². The third kappa shape index (κ3) is 8.38. The lowest BCUT2D eigenvalue weighted by Gasteiger charge is -2.39. The van der Waals surface area contributed by atoms with Gasteiger partial charge in [0.1, 0.15) is 6.04 Å². The van der Waals surface area contributed by atoms with Gasteiger partial charge in [0.25, 0.3) is 0 Å². The van der Waals surface area contributed by atoms with Crippen LogP contribution in [0.3, 0.4) is 0 Å². The summed E-state index contributed by atoms with van der Waals surface area (Å²) in [6, 6.07) is 8.42. The number of rotatable bonds is 12. The van der Waals surface area contributed by atoms with E-state index in [1.807, 2.05) is 42.3 Å². The maximum atomic E-state index is 13.0. The molecule has 186 valence electrons. The zero-order chi connectivity index (χ0) is 24.4. The molecule has 1 aliphatic rings. The van der Waals surface area contributed by atoms with Gasteiger partial charge in [-0.3, -0.25) is 9.69 Å². The van der Waals surface area contributed by atoms with Crippen LogP contribution < -0.4 is 5.32 Å². The molecule has 0 aromatic heterocycles. The summed E-state index contributed by atoms with van der Waals surface area (Å²) in [5, 5.41) is 12.0. The number of esters is 1. The third-order valence-corrected chi connectivity index (χ3v) is 6.46. The Kier molecular flexibility index (Phi) is 11.9. The molecule has 1 aromatic carbocycles. The summed E-state index contributed by atoms with van der Waals surface area (Å²) in [5.41, 5.74) is 0.873. The largest absolute Gasteiger partial charge is 0.464 e. The number of carbonyl (C=O) groups is 2. The van der Waals surface area contributed by atoms with Gasteiger partial charge in [-0.05, 0) is 26.0 Å². The number of aliphatic hydroxyl groups is 1. The molecule has 1 amide bonds. The van der Waals surface area contributed by atoms with Gasteiger partial charge in [-0.1, -0.05) is 30.3 Å². The second kappa shape index (κ2) is 14.1. The van der Waals surface area contributed by atoms with Crippen LogP contribution in [0.15, 0.2) is 30.3 Å². The molecule has 2 rings (SSSR count). The molecule has 1 aromatic rings. The van der Waals surface area contributed by atoms with E-state index in [0.29, 0.717) is 19.9 Å². The molecular formula is C23H34Cl2N2O6. The first-order valence-corrected chi connectivity index (χ1v) is 11.9. The number of ether oxygens (including phenoxy) is 3. The van der Waals surface area contributed by atoms with Gasteiger partial charge in [0.2, 0.25) is 5.91 Å². The lowest BCUT2D eigenvalue weighted by atomic mass is 9.83. The zero-order valence-corrected chi connectivity index (χ0v) is 20.8. The molecule has 2 N–H and O–H groups in total. The van der Waals surface area contributed by atoms with Gasteiger partial charge in [-0.2, -0.15) is 0 Å². The highest BCUT2D eigenvalue weighted by atomic mass is 35.5. The van der Waals surface area contributed by atoms with Crippen molar-refractivity contribution in [1.82, 2.24) is 10.2 Å². The first-order valence-electron chi connectivity index (χ1n) is 11.0. The third-order valence-electron chi connectivity index (χ3n) is 5.53. The summed E-state index contributed by atoms with van der Waals surface area (Å²) in [4.78, 5) is 27.4. The van der Waals surface area contributed by atoms with Gasteiger partial charge in [0.15, 0.2) is 0 Å². The van der Waals surface area contributed by atoms with E-state index >= 15 is 0 Å². The minimum absolute atomic E-state index is 0.164. The molecule has 0 radical (unpaired) electrons. The lowest BCUT2D eigenvalue weighted by Crippen LogP contribution is -2.56. The molecule has 1 aliphatic carbocycles. The first kappa shape index (κ1) is 27.8. The van der Waals surface area contributed by atoms with Gasteiger partial charge in [-0.15, -0.1) is 23.2 Å². The molecule has 0 aliphatic heterocycles. The number of amides is 1. The van der Waals surface area contributed by atoms with Crippen LogP contribution in [0.1, 0.15) is 18.9 Å². The molecule has 1 saturated carbocycles. The quantitative estimate of drug-likeness (QED) is 0.254. The molecule has 6 atom stereocenters. The summed E-state index contributed by atoms with van der Waals surface area (Å²) >= 11 is 13.0. The van der Waals surface area contributed by atoms with Crippen molar-refractivity contribution in [3.8, 4) is 0 Å². The monoisotopic (exact) mass is 504 g/mol. The number of nitrogens with zero attached hydrogens (tertiary/aromatic N) is 1. The Bertz CT molecular complexity index is 741. The highest BCUT2D eigenvalue weighted by molar-refractivity contribution is 6.25. The molecule has 8 nitrogen and oxygen atoms in total. The smallest absolute Gasteiger partial charge is 0.328 e. The number of halogens is 2. The molecule has 1 fully saturated rings. The van der Waals surface area contributed by atoms with Crippen molar-refractivity contribution in [1.29, 1.82) is 0 Å². The highest BCUT2D eigenvalue weighted by Gasteiger charge is 2.46. The number of benzene rings is 1. The fourth-order valence-corrected chi connectivity index (χ4v) is 4.70. The first-order chi connectivity index (χ1) is 15.8. The minimum atomic E-state index is -1.18. The van der Waals surface area contributed by atoms with Crippen LogP contribution in [0.2, 0.25) is 0 Å². The van der Waals surface area contributed by atoms with E-state index in [2.05, 4.69) is 5.32 Å². The summed E-state index contributed by atoms with van der Waals surface area (Å²) in [6.07, 6.45) is -1.36. The van der Waals surface area contributed by atoms with E-state index in [0.717, 1.165) is 5.56 Å². The molecule has 10 heteroatoms. The maximum absolute atomic E-state index is 13.0. The van der Waals surface area contributed by atoms with E-state index < -0.39 is 46.8 Å². The van der Waals surface area contributed by atoms with Crippen LogP contribution >= 0.6 is 23.2 Å². The number of carbonyl (C=O) groups excluding carboxylic acids is 2. The molecular weight excluding hydrogens is 471 g/mol. The Hall–Kier alpha value is -1.42. The van der Waals surface area contributed by atoms with Gasteiger partial charge in [0.05, 0.1) is 48.8 Å². The normalized spacial score (nSPS) is 26.1. The Labute approximate surface area is 205 Å². The second-order valence-electron chi connectivity index (χ2n) is 8.13. The van der Waals surface area contributed by atoms with Crippen LogP contribution in [0.4, 0.5) is 0 Å². The Balaban J connectivity index is 2.00. The molecule has 0 heterocycles. The van der Waals surface area contributed by atoms with Crippen molar-refractivity contribution < 1.29 is 28.9 Å². The van der Waals surface area contributed by atoms with Gasteiger partial charge in [0, 0.05) is 20.1 Å². The van der Waals surface area contributed by atoms with Crippen molar-refractivity contribution in [2.75, 3.05) is 40.6 Å². The van der Waals surface area contributed by atoms with E-state index in [1.54, 1.807) is 14.0 Å². The molecule has 0 bridgehead atoms. The fourth-order valence-electron chi connectivity index (χ4n) is 3.78. The Morgan fingerprint density at radius 2 is 1.97 bits per heavy atom. The predicted molar refractivity (Wildman–Crippen MR) is 126 cm³/mol. The maximum Gasteiger partial charge on any atom is 0.328 e. The van der Waals surface area contributed by atoms with Crippen molar-refractivity contribution in [3.05, 3.63) is 35.9 Å². The number of nitrogens with one attached hydrogen (secondary N) is 1. The van der Waals surface area contributed by atoms with Crippen molar-refractivity contribution in [2.24, 2.45) is 5.92 Å². The lowest BCUT2D eigenvalue weighted by molar-refractivity contribution is -0.149. The number of likely N-dealkylation sites (N-methyl/N-ethyl adjacent to an activating group) is 1. The van der Waals surface area contributed by atoms with Gasteiger partial charge < -0.3 is 24.6 Å². The average molecular weight is 505 g/mol. The number of hydrogen-bond donors (Lipinski definition) is 2. The predicted octanol–water partition coefficient (Wildman–Crippen LogP) is 1.79. The van der Waals surface area contributed by atoms with Crippen LogP contribution in [0, 0.1) is 5.92 Å². The van der Waals surface area contributed by atoms with E-state index in [9.17, 15) is 14.7 Å². The number of aliphatic hydroxyl groups excluding tert-OH is 1. The summed E-state index contributed by atoms with van der Waals surface area (Å²) in [7, 11) is 3.49. The second-order valence-corrected chi connectivity index (χ2v) is 9.19. The van der Waals surface area contributed by atoms with Gasteiger partial charge >= 0.3 is 5.97 Å². The molecule has 33 heavy (non-hydrogen) atoms. The fraction of sp³-hybridized carbons (Fsp3) is 0.652. The summed E-state index contributed by atoms with van der Waals surface area (Å²) in [5.74, 6) is -1.91. The molecule has 5 unspecified atom stereocenters. The number of methoxy groups -OCH3 is 1. The standard InChI is InChI=1S/C23H34Cl2N2O6/c1-4-32-23(30)18(12-15-8-6-5-7-9-15)26-22(29)16-13-17(24)21(19(25)20(16)28)33-11-10-27(2)14-31-3/h5-9,16-21,28H,4,10-14H2,1-3H3,(H,26,29)/t16?,17?,18-,19?,20?,21?/m1/s1. The SMILES string of the molecule is CCOC(=O)[C@@H](Cc1ccccc1)NC(=O)C1CC(Cl)C(OCCN(C)COC)C(Cl)C1O. The number of hydrogen-bond acceptors (Lipinski definition) is 7. The van der Waals surface area contributed by atoms with Crippen LogP contribution in [0.25, 0.3) is 0 Å². The highest BCUT2D eigenvalue weighted by Crippen LogP contribution is 2.34. The summed E-state index contributed by atoms with van der Waals surface area (Å²) in [6.45, 7) is 3.30. The number of alkyl halides is 2. The van der Waals surface area contributed by atoms with Crippen molar-refractivity contribution in [2.45, 2.75) is 48.8 Å². The Morgan fingerprint density at radius 3 is 2.61 bits per heavy atom. The van der Waals surface area contributed by atoms with E-state index in [4.69, 9.17) is 37.4 Å². The van der Waals surface area contributed by atoms with Crippen LogP contribution in [-0.4, -0.2) is 91.5 Å². The van der Waals surface area contributed by atoms with Crippen molar-refractivity contribution in [3.63, 3.8) is 0 Å². The topological polar surface area (TPSA) is 97.3 Å². The Morgan fingerprint density at radius 1 is 1.27 bits per heavy atom. The van der Waals surface area contributed by atoms with Crippen molar-refractivity contribution >= 4 is 35.1 Å². The minimum Gasteiger partial charge on any atom is -0.464 e. The average Bonchev–Trinajstić information content (AvgIpc) is 2.79.